The Bertz CT molecular complexity index is 2300. The number of hydrogen-bond donors (Lipinski definition) is 0. The molecule has 4 aromatic carbocycles. The lowest BCUT2D eigenvalue weighted by atomic mass is 9.95. The molecule has 0 amide bonds. The summed E-state index contributed by atoms with van der Waals surface area (Å²) in [5.74, 6) is 1.55. The molecule has 11 heteroatoms. The number of halogens is 1. The third-order valence-electron chi connectivity index (χ3n) is 8.19. The number of carbonyl (C=O) groups is 1. The zero-order chi connectivity index (χ0) is 35.5. The predicted octanol–water partition coefficient (Wildman–Crippen LogP) is 6.94. The summed E-state index contributed by atoms with van der Waals surface area (Å²) in [5.41, 5.74) is 2.79. The molecule has 1 aliphatic rings. The van der Waals surface area contributed by atoms with Gasteiger partial charge in [-0.05, 0) is 103 Å². The Morgan fingerprint density at radius 2 is 1.76 bits per heavy atom. The average Bonchev–Trinajstić information content (AvgIpc) is 3.40. The lowest BCUT2D eigenvalue weighted by Gasteiger charge is -2.25. The lowest BCUT2D eigenvalue weighted by molar-refractivity contribution is -0.139. The van der Waals surface area contributed by atoms with Crippen molar-refractivity contribution in [1.29, 1.82) is 0 Å². The van der Waals surface area contributed by atoms with E-state index in [0.717, 1.165) is 19.9 Å². The summed E-state index contributed by atoms with van der Waals surface area (Å²) in [6, 6.07) is 22.7. The van der Waals surface area contributed by atoms with Crippen LogP contribution in [-0.2, 0) is 16.1 Å². The van der Waals surface area contributed by atoms with Crippen molar-refractivity contribution in [2.45, 2.75) is 46.4 Å². The molecule has 0 fully saturated rings. The van der Waals surface area contributed by atoms with Crippen molar-refractivity contribution in [3.63, 3.8) is 0 Å². The molecule has 1 atom stereocenters. The molecule has 0 spiro atoms. The number of esters is 1. The van der Waals surface area contributed by atoms with Crippen molar-refractivity contribution >= 4 is 56.7 Å². The summed E-state index contributed by atoms with van der Waals surface area (Å²) >= 11 is 3.46. The molecule has 2 heterocycles. The maximum absolute atomic E-state index is 14.5. The van der Waals surface area contributed by atoms with E-state index in [1.807, 2.05) is 56.3 Å². The molecule has 0 aliphatic carbocycles. The zero-order valence-corrected chi connectivity index (χ0v) is 31.6. The Balaban J connectivity index is 1.49. The normalized spacial score (nSPS) is 14.4. The molecule has 0 bridgehead atoms. The number of carbonyl (C=O) groups excluding carboxylic acids is 1. The maximum Gasteiger partial charge on any atom is 0.338 e. The maximum atomic E-state index is 14.5. The van der Waals surface area contributed by atoms with Gasteiger partial charge in [0.15, 0.2) is 27.8 Å². The van der Waals surface area contributed by atoms with Gasteiger partial charge in [0.05, 0.1) is 48.8 Å². The molecule has 258 valence electrons. The molecule has 0 saturated carbocycles. The van der Waals surface area contributed by atoms with Gasteiger partial charge in [-0.2, -0.15) is 0 Å². The number of allylic oxidation sites excluding steroid dienone is 1. The fourth-order valence-electron chi connectivity index (χ4n) is 6.02. The summed E-state index contributed by atoms with van der Waals surface area (Å²) in [7, 11) is 3.15. The first kappa shape index (κ1) is 35.2. The Labute approximate surface area is 307 Å². The summed E-state index contributed by atoms with van der Waals surface area (Å²) in [5, 5.41) is 2.22. The summed E-state index contributed by atoms with van der Waals surface area (Å²) in [6.07, 6.45) is 1.72. The van der Waals surface area contributed by atoms with Crippen LogP contribution in [0.1, 0.15) is 50.4 Å². The molecule has 0 unspecified atom stereocenters. The van der Waals surface area contributed by atoms with E-state index in [4.69, 9.17) is 28.7 Å². The SMILES string of the molecule is CCOC(=O)C1=C(C)N=c2s/c(=C/c3cc(I)cc(OC)c3OCc3cccc4ccccc34)c(=O)n2[C@H]1c1ccc(OC(C)C)c(OC)c1. The topological polar surface area (TPSA) is 97.6 Å². The fourth-order valence-corrected chi connectivity index (χ4v) is 7.68. The molecular weight excluding hydrogens is 767 g/mol. The number of methoxy groups -OCH3 is 2. The fraction of sp³-hybridized carbons (Fsp3) is 0.256. The Hall–Kier alpha value is -4.62. The van der Waals surface area contributed by atoms with E-state index in [1.165, 1.54) is 11.3 Å². The monoisotopic (exact) mass is 804 g/mol. The van der Waals surface area contributed by atoms with E-state index in [2.05, 4.69) is 40.8 Å². The van der Waals surface area contributed by atoms with Crippen molar-refractivity contribution in [1.82, 2.24) is 4.57 Å². The van der Waals surface area contributed by atoms with Gasteiger partial charge in [0.25, 0.3) is 5.56 Å². The molecule has 50 heavy (non-hydrogen) atoms. The first-order chi connectivity index (χ1) is 24.1. The van der Waals surface area contributed by atoms with Gasteiger partial charge in [0.1, 0.15) is 6.61 Å². The molecule has 0 N–H and O–H groups in total. The number of aromatic nitrogens is 1. The van der Waals surface area contributed by atoms with E-state index < -0.39 is 12.0 Å². The number of rotatable bonds is 11. The van der Waals surface area contributed by atoms with E-state index in [0.29, 0.717) is 55.8 Å². The van der Waals surface area contributed by atoms with E-state index in [-0.39, 0.29) is 23.8 Å². The number of nitrogens with zero attached hydrogens (tertiary/aromatic N) is 2. The van der Waals surface area contributed by atoms with Crippen LogP contribution in [0.25, 0.3) is 16.8 Å². The first-order valence-electron chi connectivity index (χ1n) is 16.1. The summed E-state index contributed by atoms with van der Waals surface area (Å²) in [6.45, 7) is 7.83. The van der Waals surface area contributed by atoms with Gasteiger partial charge in [0, 0.05) is 9.13 Å². The smallest absolute Gasteiger partial charge is 0.338 e. The highest BCUT2D eigenvalue weighted by molar-refractivity contribution is 14.1. The van der Waals surface area contributed by atoms with E-state index >= 15 is 0 Å². The standard InChI is InChI=1S/C39H37IN2O7S/c1-7-47-38(44)34-23(4)41-39-42(35(34)25-15-16-30(49-22(2)3)31(18-25)45-5)37(43)33(50-39)19-27-17-28(40)20-32(46-6)36(27)48-21-26-13-10-12-24-11-8-9-14-29(24)26/h8-20,22,35H,7,21H2,1-6H3/b33-19+/t35-/m0/s1. The van der Waals surface area contributed by atoms with Gasteiger partial charge in [-0.25, -0.2) is 9.79 Å². The average molecular weight is 805 g/mol. The lowest BCUT2D eigenvalue weighted by Crippen LogP contribution is -2.40. The van der Waals surface area contributed by atoms with Crippen molar-refractivity contribution in [2.75, 3.05) is 20.8 Å². The number of ether oxygens (including phenoxy) is 5. The Kier molecular flexibility index (Phi) is 10.6. The molecule has 5 aromatic rings. The third-order valence-corrected chi connectivity index (χ3v) is 9.80. The second kappa shape index (κ2) is 15.1. The van der Waals surface area contributed by atoms with E-state index in [9.17, 15) is 9.59 Å². The quantitative estimate of drug-likeness (QED) is 0.106. The van der Waals surface area contributed by atoms with Gasteiger partial charge >= 0.3 is 5.97 Å². The molecular formula is C39H37IN2O7S. The molecule has 0 radical (unpaired) electrons. The molecule has 9 nitrogen and oxygen atoms in total. The Morgan fingerprint density at radius 1 is 1.00 bits per heavy atom. The van der Waals surface area contributed by atoms with Crippen LogP contribution in [0, 0.1) is 3.57 Å². The highest BCUT2D eigenvalue weighted by Crippen LogP contribution is 2.38. The van der Waals surface area contributed by atoms with Crippen molar-refractivity contribution < 1.29 is 28.5 Å². The summed E-state index contributed by atoms with van der Waals surface area (Å²) < 4.78 is 32.2. The number of thiazole rings is 1. The number of benzene rings is 4. The minimum atomic E-state index is -0.818. The first-order valence-corrected chi connectivity index (χ1v) is 18.0. The van der Waals surface area contributed by atoms with Gasteiger partial charge in [-0.15, -0.1) is 0 Å². The highest BCUT2D eigenvalue weighted by atomic mass is 127. The second-order valence-corrected chi connectivity index (χ2v) is 14.1. The van der Waals surface area contributed by atoms with Crippen LogP contribution in [0.2, 0.25) is 0 Å². The summed E-state index contributed by atoms with van der Waals surface area (Å²) in [4.78, 5) is 33.1. The van der Waals surface area contributed by atoms with Crippen LogP contribution in [0.15, 0.2) is 93.9 Å². The molecule has 1 aromatic heterocycles. The third kappa shape index (κ3) is 7.02. The second-order valence-electron chi connectivity index (χ2n) is 11.8. The largest absolute Gasteiger partial charge is 0.493 e. The van der Waals surface area contributed by atoms with Crippen LogP contribution in [0.3, 0.4) is 0 Å². The van der Waals surface area contributed by atoms with Crippen molar-refractivity contribution in [3.8, 4) is 23.0 Å². The van der Waals surface area contributed by atoms with Gasteiger partial charge in [-0.1, -0.05) is 59.9 Å². The van der Waals surface area contributed by atoms with Gasteiger partial charge in [-0.3, -0.25) is 9.36 Å². The highest BCUT2D eigenvalue weighted by Gasteiger charge is 2.34. The van der Waals surface area contributed by atoms with Crippen LogP contribution in [-0.4, -0.2) is 37.5 Å². The number of hydrogen-bond acceptors (Lipinski definition) is 9. The van der Waals surface area contributed by atoms with Crippen LogP contribution < -0.4 is 33.8 Å². The molecule has 6 rings (SSSR count). The van der Waals surface area contributed by atoms with Crippen molar-refractivity contribution in [3.05, 3.63) is 124 Å². The van der Waals surface area contributed by atoms with Crippen LogP contribution in [0.5, 0.6) is 23.0 Å². The van der Waals surface area contributed by atoms with Gasteiger partial charge < -0.3 is 23.7 Å². The minimum absolute atomic E-state index is 0.0785. The van der Waals surface area contributed by atoms with Gasteiger partial charge in [0.2, 0.25) is 0 Å². The van der Waals surface area contributed by atoms with E-state index in [1.54, 1.807) is 50.8 Å². The van der Waals surface area contributed by atoms with Crippen molar-refractivity contribution in [2.24, 2.45) is 4.99 Å². The predicted molar refractivity (Wildman–Crippen MR) is 203 cm³/mol. The zero-order valence-electron chi connectivity index (χ0n) is 28.6. The van der Waals surface area contributed by atoms with Crippen LogP contribution >= 0.6 is 33.9 Å². The Morgan fingerprint density at radius 3 is 2.50 bits per heavy atom. The number of fused-ring (bicyclic) bond motifs is 2. The van der Waals surface area contributed by atoms with Crippen LogP contribution in [0.4, 0.5) is 0 Å². The molecule has 1 aliphatic heterocycles. The minimum Gasteiger partial charge on any atom is -0.493 e. The molecule has 0 saturated heterocycles.